The Balaban J connectivity index is 2.14. The van der Waals surface area contributed by atoms with Crippen molar-refractivity contribution in [1.29, 1.82) is 0 Å². The number of benzene rings is 1. The SMILES string of the molecule is Nc1ccc(S(=O)C2CCCC2)cc1. The minimum absolute atomic E-state index is 0.374. The average Bonchev–Trinajstić information content (AvgIpc) is 2.71. The van der Waals surface area contributed by atoms with Gasteiger partial charge in [0.05, 0.1) is 10.8 Å². The van der Waals surface area contributed by atoms with Crippen LogP contribution >= 0.6 is 0 Å². The fourth-order valence-corrected chi connectivity index (χ4v) is 3.45. The van der Waals surface area contributed by atoms with Gasteiger partial charge in [-0.2, -0.15) is 0 Å². The molecule has 0 bridgehead atoms. The Morgan fingerprint density at radius 3 is 2.29 bits per heavy atom. The lowest BCUT2D eigenvalue weighted by Gasteiger charge is -2.08. The summed E-state index contributed by atoms with van der Waals surface area (Å²) in [5.74, 6) is 0. The Labute approximate surface area is 87.0 Å². The van der Waals surface area contributed by atoms with Crippen LogP contribution in [0.25, 0.3) is 0 Å². The monoisotopic (exact) mass is 209 g/mol. The highest BCUT2D eigenvalue weighted by molar-refractivity contribution is 7.85. The molecule has 0 aromatic heterocycles. The first kappa shape index (κ1) is 9.71. The van der Waals surface area contributed by atoms with Gasteiger partial charge in [0.15, 0.2) is 0 Å². The number of anilines is 1. The summed E-state index contributed by atoms with van der Waals surface area (Å²) in [7, 11) is -0.823. The Morgan fingerprint density at radius 2 is 1.71 bits per heavy atom. The molecule has 3 heteroatoms. The maximum atomic E-state index is 12.0. The normalized spacial score (nSPS) is 19.7. The molecule has 1 fully saturated rings. The first-order valence-corrected chi connectivity index (χ1v) is 6.25. The molecule has 2 nitrogen and oxygen atoms in total. The van der Waals surface area contributed by atoms with Crippen LogP contribution in [-0.4, -0.2) is 9.46 Å². The van der Waals surface area contributed by atoms with Crippen LogP contribution in [0.3, 0.4) is 0 Å². The van der Waals surface area contributed by atoms with Crippen LogP contribution in [-0.2, 0) is 10.8 Å². The van der Waals surface area contributed by atoms with E-state index in [0.29, 0.717) is 5.25 Å². The molecular formula is C11H15NOS. The van der Waals surface area contributed by atoms with Crippen molar-refractivity contribution in [3.8, 4) is 0 Å². The first-order chi connectivity index (χ1) is 6.77. The molecule has 1 unspecified atom stereocenters. The van der Waals surface area contributed by atoms with Crippen molar-refractivity contribution in [3.63, 3.8) is 0 Å². The van der Waals surface area contributed by atoms with Gasteiger partial charge in [0, 0.05) is 15.8 Å². The smallest absolute Gasteiger partial charge is 0.0560 e. The lowest BCUT2D eigenvalue weighted by molar-refractivity contribution is 0.669. The molecule has 0 amide bonds. The lowest BCUT2D eigenvalue weighted by atomic mass is 10.3. The zero-order valence-corrected chi connectivity index (χ0v) is 8.93. The molecule has 1 atom stereocenters. The van der Waals surface area contributed by atoms with Gasteiger partial charge < -0.3 is 5.73 Å². The third-order valence-corrected chi connectivity index (χ3v) is 4.53. The Hall–Kier alpha value is -0.830. The van der Waals surface area contributed by atoms with Crippen molar-refractivity contribution in [1.82, 2.24) is 0 Å². The molecule has 14 heavy (non-hydrogen) atoms. The van der Waals surface area contributed by atoms with Gasteiger partial charge >= 0.3 is 0 Å². The molecule has 1 aromatic carbocycles. The molecule has 1 aromatic rings. The van der Waals surface area contributed by atoms with Gasteiger partial charge in [-0.15, -0.1) is 0 Å². The number of hydrogen-bond donors (Lipinski definition) is 1. The lowest BCUT2D eigenvalue weighted by Crippen LogP contribution is -2.10. The topological polar surface area (TPSA) is 43.1 Å². The van der Waals surface area contributed by atoms with Gasteiger partial charge in [-0.3, -0.25) is 4.21 Å². The zero-order valence-electron chi connectivity index (χ0n) is 8.11. The molecule has 1 aliphatic carbocycles. The van der Waals surface area contributed by atoms with E-state index in [2.05, 4.69) is 0 Å². The van der Waals surface area contributed by atoms with Crippen molar-refractivity contribution in [3.05, 3.63) is 24.3 Å². The maximum Gasteiger partial charge on any atom is 0.0560 e. The highest BCUT2D eigenvalue weighted by atomic mass is 32.2. The summed E-state index contributed by atoms with van der Waals surface area (Å²) in [6.45, 7) is 0. The van der Waals surface area contributed by atoms with Gasteiger partial charge in [-0.25, -0.2) is 0 Å². The number of rotatable bonds is 2. The molecule has 1 saturated carbocycles. The van der Waals surface area contributed by atoms with Crippen LogP contribution in [0.15, 0.2) is 29.2 Å². The molecule has 0 saturated heterocycles. The minimum Gasteiger partial charge on any atom is -0.399 e. The van der Waals surface area contributed by atoms with E-state index in [9.17, 15) is 4.21 Å². The summed E-state index contributed by atoms with van der Waals surface area (Å²) in [4.78, 5) is 0.922. The molecule has 0 spiro atoms. The number of nitrogen functional groups attached to an aromatic ring is 1. The van der Waals surface area contributed by atoms with E-state index < -0.39 is 10.8 Å². The summed E-state index contributed by atoms with van der Waals surface area (Å²) in [6, 6.07) is 7.40. The fourth-order valence-electron chi connectivity index (χ4n) is 1.90. The second kappa shape index (κ2) is 4.13. The van der Waals surface area contributed by atoms with E-state index >= 15 is 0 Å². The quantitative estimate of drug-likeness (QED) is 0.760. The average molecular weight is 209 g/mol. The molecule has 0 aliphatic heterocycles. The first-order valence-electron chi connectivity index (χ1n) is 5.03. The summed E-state index contributed by atoms with van der Waals surface area (Å²) < 4.78 is 12.0. The summed E-state index contributed by atoms with van der Waals surface area (Å²) in [5.41, 5.74) is 6.31. The molecule has 0 radical (unpaired) electrons. The third kappa shape index (κ3) is 1.98. The van der Waals surface area contributed by atoms with Gasteiger partial charge in [0.2, 0.25) is 0 Å². The van der Waals surface area contributed by atoms with Crippen molar-refractivity contribution in [2.45, 2.75) is 35.8 Å². The van der Waals surface area contributed by atoms with Crippen molar-refractivity contribution in [2.24, 2.45) is 0 Å². The third-order valence-electron chi connectivity index (χ3n) is 2.72. The number of nitrogens with two attached hydrogens (primary N) is 1. The van der Waals surface area contributed by atoms with Crippen molar-refractivity contribution < 1.29 is 4.21 Å². The zero-order chi connectivity index (χ0) is 9.97. The summed E-state index contributed by atoms with van der Waals surface area (Å²) in [5, 5.41) is 0.374. The molecule has 2 N–H and O–H groups in total. The molecule has 0 heterocycles. The Morgan fingerprint density at radius 1 is 1.14 bits per heavy atom. The molecule has 76 valence electrons. The van der Waals surface area contributed by atoms with Crippen LogP contribution in [0.4, 0.5) is 5.69 Å². The van der Waals surface area contributed by atoms with Gasteiger partial charge in [0.1, 0.15) is 0 Å². The Kier molecular flexibility index (Phi) is 2.87. The van der Waals surface area contributed by atoms with Crippen molar-refractivity contribution >= 4 is 16.5 Å². The van der Waals surface area contributed by atoms with E-state index in [1.54, 1.807) is 0 Å². The van der Waals surface area contributed by atoms with E-state index in [4.69, 9.17) is 5.73 Å². The van der Waals surface area contributed by atoms with Gasteiger partial charge in [-0.05, 0) is 37.1 Å². The van der Waals surface area contributed by atoms with Crippen LogP contribution in [0.2, 0.25) is 0 Å². The van der Waals surface area contributed by atoms with E-state index in [-0.39, 0.29) is 0 Å². The van der Waals surface area contributed by atoms with Crippen LogP contribution in [0.1, 0.15) is 25.7 Å². The highest BCUT2D eigenvalue weighted by Gasteiger charge is 2.22. The second-order valence-corrected chi connectivity index (χ2v) is 5.51. The maximum absolute atomic E-state index is 12.0. The van der Waals surface area contributed by atoms with Crippen LogP contribution in [0, 0.1) is 0 Å². The Bertz CT molecular complexity index is 328. The number of hydrogen-bond acceptors (Lipinski definition) is 2. The minimum atomic E-state index is -0.823. The van der Waals surface area contributed by atoms with Gasteiger partial charge in [-0.1, -0.05) is 12.8 Å². The molecular weight excluding hydrogens is 194 g/mol. The van der Waals surface area contributed by atoms with Crippen molar-refractivity contribution in [2.75, 3.05) is 5.73 Å². The summed E-state index contributed by atoms with van der Waals surface area (Å²) in [6.07, 6.45) is 4.67. The predicted octanol–water partition coefficient (Wildman–Crippen LogP) is 2.32. The summed E-state index contributed by atoms with van der Waals surface area (Å²) >= 11 is 0. The van der Waals surface area contributed by atoms with Crippen LogP contribution < -0.4 is 5.73 Å². The van der Waals surface area contributed by atoms with E-state index in [1.807, 2.05) is 24.3 Å². The van der Waals surface area contributed by atoms with E-state index in [1.165, 1.54) is 12.8 Å². The highest BCUT2D eigenvalue weighted by Crippen LogP contribution is 2.26. The largest absolute Gasteiger partial charge is 0.399 e. The predicted molar refractivity (Wildman–Crippen MR) is 59.5 cm³/mol. The fraction of sp³-hybridized carbons (Fsp3) is 0.455. The molecule has 1 aliphatic rings. The second-order valence-electron chi connectivity index (χ2n) is 3.77. The van der Waals surface area contributed by atoms with Gasteiger partial charge in [0.25, 0.3) is 0 Å². The standard InChI is InChI=1S/C11H15NOS/c12-9-5-7-11(8-6-9)14(13)10-3-1-2-4-10/h5-8,10H,1-4,12H2. The molecule has 2 rings (SSSR count). The van der Waals surface area contributed by atoms with Crippen LogP contribution in [0.5, 0.6) is 0 Å². The van der Waals surface area contributed by atoms with E-state index in [0.717, 1.165) is 23.4 Å².